The number of anilines is 1. The van der Waals surface area contributed by atoms with Gasteiger partial charge in [0.1, 0.15) is 4.90 Å². The van der Waals surface area contributed by atoms with Gasteiger partial charge in [0.05, 0.1) is 5.69 Å². The molecule has 0 spiro atoms. The molecule has 0 amide bonds. The first-order valence-corrected chi connectivity index (χ1v) is 7.69. The largest absolute Gasteiger partial charge is 0.398 e. The summed E-state index contributed by atoms with van der Waals surface area (Å²) in [5.41, 5.74) is 7.79. The number of hydrogen-bond donors (Lipinski definition) is 1. The molecule has 1 rings (SSSR count). The highest BCUT2D eigenvalue weighted by Crippen LogP contribution is 2.27. The summed E-state index contributed by atoms with van der Waals surface area (Å²) in [5, 5.41) is 0. The minimum Gasteiger partial charge on any atom is -0.398 e. The molecular formula is C14H22N2O2S. The Morgan fingerprint density at radius 1 is 1.37 bits per heavy atom. The standard InChI is InChI=1S/C14H22N2O2S/c1-5-6-7-10-16(4)19(17,18)14-12(3)11(2)8-9-13(14)15/h5,8-9H,1,6-7,10,15H2,2-4H3. The van der Waals surface area contributed by atoms with Crippen molar-refractivity contribution in [2.24, 2.45) is 0 Å². The summed E-state index contributed by atoms with van der Waals surface area (Å²) in [6.45, 7) is 7.76. The predicted octanol–water partition coefficient (Wildman–Crippen LogP) is 2.47. The number of benzene rings is 1. The molecule has 19 heavy (non-hydrogen) atoms. The molecule has 1 aromatic carbocycles. The molecule has 0 bridgehead atoms. The smallest absolute Gasteiger partial charge is 0.245 e. The van der Waals surface area contributed by atoms with Crippen LogP contribution in [0.25, 0.3) is 0 Å². The molecule has 4 nitrogen and oxygen atoms in total. The van der Waals surface area contributed by atoms with Crippen LogP contribution >= 0.6 is 0 Å². The maximum absolute atomic E-state index is 12.5. The van der Waals surface area contributed by atoms with E-state index in [9.17, 15) is 8.42 Å². The Kier molecular flexibility index (Phi) is 5.14. The molecule has 0 atom stereocenters. The van der Waals surface area contributed by atoms with Crippen LogP contribution in [0.4, 0.5) is 5.69 Å². The fraction of sp³-hybridized carbons (Fsp3) is 0.429. The summed E-state index contributed by atoms with van der Waals surface area (Å²) < 4.78 is 26.4. The Hall–Kier alpha value is -1.33. The van der Waals surface area contributed by atoms with E-state index in [0.29, 0.717) is 12.2 Å². The maximum atomic E-state index is 12.5. The third-order valence-electron chi connectivity index (χ3n) is 3.26. The van der Waals surface area contributed by atoms with Crippen LogP contribution in [0.15, 0.2) is 29.7 Å². The van der Waals surface area contributed by atoms with Gasteiger partial charge in [-0.05, 0) is 43.9 Å². The highest BCUT2D eigenvalue weighted by molar-refractivity contribution is 7.89. The Labute approximate surface area is 116 Å². The van der Waals surface area contributed by atoms with Crippen LogP contribution in [-0.4, -0.2) is 26.3 Å². The zero-order chi connectivity index (χ0) is 14.6. The molecule has 0 unspecified atom stereocenters. The van der Waals surface area contributed by atoms with Gasteiger partial charge in [0.2, 0.25) is 10.0 Å². The zero-order valence-corrected chi connectivity index (χ0v) is 12.6. The summed E-state index contributed by atoms with van der Waals surface area (Å²) in [6.07, 6.45) is 3.33. The van der Waals surface area contributed by atoms with Crippen molar-refractivity contribution >= 4 is 15.7 Å². The predicted molar refractivity (Wildman–Crippen MR) is 79.6 cm³/mol. The second-order valence-electron chi connectivity index (χ2n) is 4.68. The molecule has 0 aliphatic heterocycles. The van der Waals surface area contributed by atoms with Crippen molar-refractivity contribution in [1.82, 2.24) is 4.31 Å². The topological polar surface area (TPSA) is 63.4 Å². The van der Waals surface area contributed by atoms with Gasteiger partial charge in [-0.15, -0.1) is 6.58 Å². The molecule has 0 aliphatic carbocycles. The summed E-state index contributed by atoms with van der Waals surface area (Å²) in [4.78, 5) is 0.230. The highest BCUT2D eigenvalue weighted by atomic mass is 32.2. The lowest BCUT2D eigenvalue weighted by Gasteiger charge is -2.20. The van der Waals surface area contributed by atoms with Gasteiger partial charge >= 0.3 is 0 Å². The number of nitrogens with zero attached hydrogens (tertiary/aromatic N) is 1. The maximum Gasteiger partial charge on any atom is 0.245 e. The van der Waals surface area contributed by atoms with Gasteiger partial charge in [-0.25, -0.2) is 12.7 Å². The van der Waals surface area contributed by atoms with Gasteiger partial charge in [-0.2, -0.15) is 0 Å². The van der Waals surface area contributed by atoms with Crippen LogP contribution in [0.3, 0.4) is 0 Å². The van der Waals surface area contributed by atoms with Gasteiger partial charge in [0.15, 0.2) is 0 Å². The second kappa shape index (κ2) is 6.21. The number of rotatable bonds is 6. The van der Waals surface area contributed by atoms with Gasteiger partial charge in [-0.1, -0.05) is 12.1 Å². The van der Waals surface area contributed by atoms with Crippen molar-refractivity contribution in [1.29, 1.82) is 0 Å². The highest BCUT2D eigenvalue weighted by Gasteiger charge is 2.25. The molecule has 0 saturated heterocycles. The van der Waals surface area contributed by atoms with Crippen molar-refractivity contribution in [2.45, 2.75) is 31.6 Å². The summed E-state index contributed by atoms with van der Waals surface area (Å²) in [5.74, 6) is 0. The molecule has 106 valence electrons. The van der Waals surface area contributed by atoms with Crippen molar-refractivity contribution in [3.8, 4) is 0 Å². The van der Waals surface area contributed by atoms with Gasteiger partial charge in [0.25, 0.3) is 0 Å². The number of nitrogens with two attached hydrogens (primary N) is 1. The first-order valence-electron chi connectivity index (χ1n) is 6.25. The SMILES string of the molecule is C=CCCCN(C)S(=O)(=O)c1c(N)ccc(C)c1C. The third-order valence-corrected chi connectivity index (χ3v) is 5.32. The van der Waals surface area contributed by atoms with Crippen LogP contribution in [0, 0.1) is 13.8 Å². The minimum atomic E-state index is -3.53. The molecule has 0 aliphatic rings. The second-order valence-corrected chi connectivity index (χ2v) is 6.67. The quantitative estimate of drug-likeness (QED) is 0.495. The Bertz CT molecular complexity index is 565. The molecule has 5 heteroatoms. The van der Waals surface area contributed by atoms with Crippen LogP contribution in [-0.2, 0) is 10.0 Å². The van der Waals surface area contributed by atoms with Gasteiger partial charge < -0.3 is 5.73 Å². The first kappa shape index (κ1) is 15.7. The van der Waals surface area contributed by atoms with Crippen molar-refractivity contribution in [2.75, 3.05) is 19.3 Å². The molecule has 0 heterocycles. The summed E-state index contributed by atoms with van der Waals surface area (Å²) in [6, 6.07) is 3.48. The van der Waals surface area contributed by atoms with E-state index in [1.54, 1.807) is 26.1 Å². The lowest BCUT2D eigenvalue weighted by atomic mass is 10.1. The van der Waals surface area contributed by atoms with Crippen LogP contribution in [0.5, 0.6) is 0 Å². The Balaban J connectivity index is 3.13. The average molecular weight is 282 g/mol. The van der Waals surface area contributed by atoms with Gasteiger partial charge in [-0.3, -0.25) is 0 Å². The van der Waals surface area contributed by atoms with Gasteiger partial charge in [0, 0.05) is 13.6 Å². The molecule has 0 aromatic heterocycles. The average Bonchev–Trinajstić information content (AvgIpc) is 2.34. The minimum absolute atomic E-state index is 0.230. The number of allylic oxidation sites excluding steroid dienone is 1. The molecule has 2 N–H and O–H groups in total. The number of unbranched alkanes of at least 4 members (excludes halogenated alkanes) is 1. The van der Waals surface area contributed by atoms with Crippen molar-refractivity contribution in [3.63, 3.8) is 0 Å². The van der Waals surface area contributed by atoms with E-state index in [1.807, 2.05) is 13.0 Å². The summed E-state index contributed by atoms with van der Waals surface area (Å²) >= 11 is 0. The lowest BCUT2D eigenvalue weighted by molar-refractivity contribution is 0.462. The number of sulfonamides is 1. The third kappa shape index (κ3) is 3.36. The van der Waals surface area contributed by atoms with Crippen LogP contribution in [0.1, 0.15) is 24.0 Å². The molecule has 0 saturated carbocycles. The van der Waals surface area contributed by atoms with Crippen molar-refractivity contribution < 1.29 is 8.42 Å². The van der Waals surface area contributed by atoms with Crippen molar-refractivity contribution in [3.05, 3.63) is 35.9 Å². The molecule has 1 aromatic rings. The van der Waals surface area contributed by atoms with E-state index >= 15 is 0 Å². The monoisotopic (exact) mass is 282 g/mol. The van der Waals surface area contributed by atoms with E-state index in [2.05, 4.69) is 6.58 Å². The Morgan fingerprint density at radius 3 is 2.58 bits per heavy atom. The molecular weight excluding hydrogens is 260 g/mol. The molecule has 0 fully saturated rings. The first-order chi connectivity index (χ1) is 8.82. The van der Waals surface area contributed by atoms with E-state index in [1.165, 1.54) is 4.31 Å². The Morgan fingerprint density at radius 2 is 2.00 bits per heavy atom. The van der Waals surface area contributed by atoms with E-state index in [0.717, 1.165) is 24.0 Å². The summed E-state index contributed by atoms with van der Waals surface area (Å²) in [7, 11) is -1.95. The van der Waals surface area contributed by atoms with Crippen LogP contribution in [0.2, 0.25) is 0 Å². The number of nitrogen functional groups attached to an aromatic ring is 1. The lowest BCUT2D eigenvalue weighted by Crippen LogP contribution is -2.29. The zero-order valence-electron chi connectivity index (χ0n) is 11.8. The fourth-order valence-corrected chi connectivity index (χ4v) is 3.48. The normalized spacial score (nSPS) is 11.8. The van der Waals surface area contributed by atoms with E-state index in [-0.39, 0.29) is 4.90 Å². The number of hydrogen-bond acceptors (Lipinski definition) is 3. The molecule has 0 radical (unpaired) electrons. The fourth-order valence-electron chi connectivity index (χ4n) is 1.89. The van der Waals surface area contributed by atoms with E-state index in [4.69, 9.17) is 5.73 Å². The van der Waals surface area contributed by atoms with E-state index < -0.39 is 10.0 Å². The number of aryl methyl sites for hydroxylation is 1. The van der Waals surface area contributed by atoms with Crippen LogP contribution < -0.4 is 5.73 Å².